The molecule has 0 spiro atoms. The number of hydrogen-bond acceptors (Lipinski definition) is 3. The van der Waals surface area contributed by atoms with Gasteiger partial charge < -0.3 is 10.6 Å². The van der Waals surface area contributed by atoms with E-state index in [1.165, 1.54) is 4.90 Å². The van der Waals surface area contributed by atoms with Gasteiger partial charge in [-0.05, 0) is 74.7 Å². The highest BCUT2D eigenvalue weighted by molar-refractivity contribution is 5.95. The van der Waals surface area contributed by atoms with E-state index in [1.807, 2.05) is 32.0 Å². The Morgan fingerprint density at radius 1 is 0.919 bits per heavy atom. The van der Waals surface area contributed by atoms with Crippen molar-refractivity contribution in [1.29, 1.82) is 0 Å². The second kappa shape index (κ2) is 13.2. The van der Waals surface area contributed by atoms with Gasteiger partial charge in [0.2, 0.25) is 0 Å². The van der Waals surface area contributed by atoms with E-state index in [1.54, 1.807) is 0 Å². The highest BCUT2D eigenvalue weighted by Gasteiger charge is 2.39. The lowest BCUT2D eigenvalue weighted by atomic mass is 9.97. The van der Waals surface area contributed by atoms with Crippen LogP contribution in [0.15, 0.2) is 36.4 Å². The fourth-order valence-corrected chi connectivity index (χ4v) is 4.33. The molecule has 1 fully saturated rings. The Kier molecular flexibility index (Phi) is 11.8. The summed E-state index contributed by atoms with van der Waals surface area (Å²) in [6.45, 7) is 6.21. The van der Waals surface area contributed by atoms with Crippen LogP contribution < -0.4 is 5.73 Å². The molecule has 2 N–H and O–H groups in total. The lowest BCUT2D eigenvalue weighted by Crippen LogP contribution is -2.56. The van der Waals surface area contributed by atoms with E-state index in [0.717, 1.165) is 23.1 Å². The Hall–Kier alpha value is -2.01. The number of carbonyl (C=O) groups excluding carboxylic acids is 1. The van der Waals surface area contributed by atoms with E-state index in [4.69, 9.17) is 5.73 Å². The topological polar surface area (TPSA) is 49.6 Å². The molecule has 0 radical (unpaired) electrons. The lowest BCUT2D eigenvalue weighted by Gasteiger charge is -2.42. The minimum absolute atomic E-state index is 0. The normalized spacial score (nSPS) is 16.7. The van der Waals surface area contributed by atoms with Crippen LogP contribution in [0.1, 0.15) is 44.6 Å². The number of benzene rings is 2. The first-order chi connectivity index (χ1) is 16.3. The zero-order valence-electron chi connectivity index (χ0n) is 20.5. The van der Waals surface area contributed by atoms with Crippen molar-refractivity contribution in [2.24, 2.45) is 5.73 Å². The van der Waals surface area contributed by atoms with Gasteiger partial charge >= 0.3 is 12.4 Å². The van der Waals surface area contributed by atoms with Crippen LogP contribution in [0, 0.1) is 13.8 Å². The second-order valence-electron chi connectivity index (χ2n) is 9.01. The molecule has 3 rings (SSSR count). The second-order valence-corrected chi connectivity index (χ2v) is 9.01. The van der Waals surface area contributed by atoms with Crippen molar-refractivity contribution >= 4 is 30.7 Å². The smallest absolute Gasteiger partial charge is 0.333 e. The van der Waals surface area contributed by atoms with Gasteiger partial charge in [-0.3, -0.25) is 9.69 Å². The minimum atomic E-state index is -5.02. The highest BCUT2D eigenvalue weighted by Crippen LogP contribution is 2.37. The van der Waals surface area contributed by atoms with E-state index in [9.17, 15) is 31.1 Å². The van der Waals surface area contributed by atoms with Gasteiger partial charge in [0.25, 0.3) is 5.91 Å². The van der Waals surface area contributed by atoms with E-state index in [-0.39, 0.29) is 37.4 Å². The summed E-state index contributed by atoms with van der Waals surface area (Å²) in [7, 11) is 0. The first-order valence-electron chi connectivity index (χ1n) is 11.4. The Morgan fingerprint density at radius 3 is 2.03 bits per heavy atom. The number of aryl methyl sites for hydroxylation is 2. The molecule has 0 aliphatic carbocycles. The van der Waals surface area contributed by atoms with Gasteiger partial charge in [-0.25, -0.2) is 0 Å². The van der Waals surface area contributed by atoms with Crippen molar-refractivity contribution in [2.45, 2.75) is 45.1 Å². The summed E-state index contributed by atoms with van der Waals surface area (Å²) >= 11 is 0. The van der Waals surface area contributed by atoms with E-state index < -0.39 is 41.0 Å². The lowest BCUT2D eigenvalue weighted by molar-refractivity contribution is -0.143. The quantitative estimate of drug-likeness (QED) is 0.437. The van der Waals surface area contributed by atoms with Crippen molar-refractivity contribution in [3.8, 4) is 0 Å². The zero-order chi connectivity index (χ0) is 26.0. The third kappa shape index (κ3) is 8.49. The van der Waals surface area contributed by atoms with Crippen LogP contribution in [0.25, 0.3) is 0 Å². The molecule has 1 saturated heterocycles. The Bertz CT molecular complexity index is 1030. The fourth-order valence-electron chi connectivity index (χ4n) is 4.33. The summed E-state index contributed by atoms with van der Waals surface area (Å²) in [5.41, 5.74) is 5.09. The largest absolute Gasteiger partial charge is 0.416 e. The molecule has 208 valence electrons. The van der Waals surface area contributed by atoms with Crippen molar-refractivity contribution in [3.05, 3.63) is 69.8 Å². The molecule has 1 aliphatic rings. The Morgan fingerprint density at radius 2 is 1.51 bits per heavy atom. The maximum atomic E-state index is 13.4. The van der Waals surface area contributed by atoms with Crippen LogP contribution in [-0.2, 0) is 18.8 Å². The van der Waals surface area contributed by atoms with Gasteiger partial charge in [0.1, 0.15) is 0 Å². The van der Waals surface area contributed by atoms with Crippen molar-refractivity contribution < 1.29 is 31.1 Å². The molecule has 0 aromatic heterocycles. The van der Waals surface area contributed by atoms with Crippen molar-refractivity contribution in [2.75, 3.05) is 32.7 Å². The molecule has 2 aromatic carbocycles. The summed E-state index contributed by atoms with van der Waals surface area (Å²) in [6.07, 6.45) is -8.87. The number of piperazine rings is 1. The molecule has 0 unspecified atom stereocenters. The van der Waals surface area contributed by atoms with Gasteiger partial charge in [0.05, 0.1) is 11.1 Å². The molecular formula is C25H31Cl2F6N3O. The van der Waals surface area contributed by atoms with E-state index in [2.05, 4.69) is 4.90 Å². The molecule has 4 nitrogen and oxygen atoms in total. The standard InChI is InChI=1S/C25H29F6N3O.2ClH/c1-16-4-5-18(10-17(16)2)11-22-15-33(7-3-6-32)8-9-34(22)23(35)19-12-20(24(26,27)28)14-21(13-19)25(29,30)31;;/h4-5,10,12-14,22H,3,6-9,11,15,32H2,1-2H3;2*1H/t22-;;/m1../s1. The van der Waals surface area contributed by atoms with Crippen LogP contribution in [0.3, 0.4) is 0 Å². The van der Waals surface area contributed by atoms with Crippen LogP contribution in [0.5, 0.6) is 0 Å². The number of carbonyl (C=O) groups is 1. The SMILES string of the molecule is Cc1ccc(C[C@@H]2CN(CCCN)CCN2C(=O)c2cc(C(F)(F)F)cc(C(F)(F)F)c2)cc1C.Cl.Cl. The number of nitrogens with zero attached hydrogens (tertiary/aromatic N) is 2. The van der Waals surface area contributed by atoms with E-state index >= 15 is 0 Å². The first kappa shape index (κ1) is 33.0. The number of amides is 1. The minimum Gasteiger partial charge on any atom is -0.333 e. The number of alkyl halides is 6. The molecule has 1 aliphatic heterocycles. The van der Waals surface area contributed by atoms with Crippen LogP contribution in [-0.4, -0.2) is 54.5 Å². The molecule has 12 heteroatoms. The fraction of sp³-hybridized carbons (Fsp3) is 0.480. The van der Waals surface area contributed by atoms with Crippen LogP contribution in [0.2, 0.25) is 0 Å². The summed E-state index contributed by atoms with van der Waals surface area (Å²) in [5.74, 6) is -0.839. The maximum Gasteiger partial charge on any atom is 0.416 e. The Balaban J connectivity index is 0.00000342. The van der Waals surface area contributed by atoms with Crippen LogP contribution in [0.4, 0.5) is 26.3 Å². The van der Waals surface area contributed by atoms with Gasteiger partial charge in [-0.1, -0.05) is 18.2 Å². The number of nitrogens with two attached hydrogens (primary N) is 1. The molecule has 1 heterocycles. The Labute approximate surface area is 225 Å². The predicted molar refractivity (Wildman–Crippen MR) is 135 cm³/mol. The third-order valence-electron chi connectivity index (χ3n) is 6.38. The molecule has 37 heavy (non-hydrogen) atoms. The number of hydrogen-bond donors (Lipinski definition) is 1. The van der Waals surface area contributed by atoms with Gasteiger partial charge in [-0.2, -0.15) is 26.3 Å². The molecule has 1 atom stereocenters. The molecule has 0 saturated carbocycles. The average Bonchev–Trinajstić information content (AvgIpc) is 2.78. The highest BCUT2D eigenvalue weighted by atomic mass is 35.5. The predicted octanol–water partition coefficient (Wildman–Crippen LogP) is 5.90. The first-order valence-corrected chi connectivity index (χ1v) is 11.4. The third-order valence-corrected chi connectivity index (χ3v) is 6.38. The van der Waals surface area contributed by atoms with Gasteiger partial charge in [0.15, 0.2) is 0 Å². The maximum absolute atomic E-state index is 13.4. The van der Waals surface area contributed by atoms with Crippen molar-refractivity contribution in [1.82, 2.24) is 9.80 Å². The van der Waals surface area contributed by atoms with Crippen molar-refractivity contribution in [3.63, 3.8) is 0 Å². The van der Waals surface area contributed by atoms with Crippen LogP contribution >= 0.6 is 24.8 Å². The summed E-state index contributed by atoms with van der Waals surface area (Å²) in [6, 6.07) is 6.50. The number of halogens is 8. The molecule has 1 amide bonds. The summed E-state index contributed by atoms with van der Waals surface area (Å²) in [4.78, 5) is 16.9. The van der Waals surface area contributed by atoms with E-state index in [0.29, 0.717) is 44.7 Å². The monoisotopic (exact) mass is 573 g/mol. The zero-order valence-corrected chi connectivity index (χ0v) is 22.1. The molecular weight excluding hydrogens is 543 g/mol. The molecule has 0 bridgehead atoms. The summed E-state index contributed by atoms with van der Waals surface area (Å²) in [5, 5.41) is 0. The summed E-state index contributed by atoms with van der Waals surface area (Å²) < 4.78 is 80.0. The van der Waals surface area contributed by atoms with Gasteiger partial charge in [0, 0.05) is 31.2 Å². The number of rotatable bonds is 6. The average molecular weight is 574 g/mol. The molecule has 2 aromatic rings. The van der Waals surface area contributed by atoms with Gasteiger partial charge in [-0.15, -0.1) is 24.8 Å².